The van der Waals surface area contributed by atoms with Crippen LogP contribution in [0.25, 0.3) is 0 Å². The van der Waals surface area contributed by atoms with E-state index in [1.807, 2.05) is 20.8 Å². The minimum Gasteiger partial charge on any atom is -0.339 e. The molecular weight excluding hydrogens is 350 g/mol. The first kappa shape index (κ1) is 19.3. The van der Waals surface area contributed by atoms with E-state index in [-0.39, 0.29) is 23.7 Å². The van der Waals surface area contributed by atoms with Crippen LogP contribution in [0.3, 0.4) is 0 Å². The van der Waals surface area contributed by atoms with E-state index in [4.69, 9.17) is 4.52 Å². The van der Waals surface area contributed by atoms with E-state index in [0.717, 1.165) is 24.3 Å². The molecule has 1 aliphatic heterocycles. The zero-order valence-corrected chi connectivity index (χ0v) is 16.1. The van der Waals surface area contributed by atoms with Gasteiger partial charge in [-0.3, -0.25) is 15.0 Å². The molecule has 1 spiro atoms. The van der Waals surface area contributed by atoms with Crippen molar-refractivity contribution in [1.82, 2.24) is 25.9 Å². The van der Waals surface area contributed by atoms with E-state index in [1.165, 1.54) is 0 Å². The molecule has 1 aromatic rings. The third-order valence-electron chi connectivity index (χ3n) is 5.04. The molecule has 1 aromatic heterocycles. The van der Waals surface area contributed by atoms with Crippen LogP contribution in [-0.2, 0) is 21.4 Å². The Morgan fingerprint density at radius 2 is 1.96 bits per heavy atom. The molecule has 27 heavy (non-hydrogen) atoms. The van der Waals surface area contributed by atoms with Crippen LogP contribution in [0.1, 0.15) is 77.4 Å². The van der Waals surface area contributed by atoms with Gasteiger partial charge < -0.3 is 9.84 Å². The van der Waals surface area contributed by atoms with Gasteiger partial charge in [0.25, 0.3) is 5.91 Å². The average molecular weight is 377 g/mol. The fourth-order valence-electron chi connectivity index (χ4n) is 3.46. The summed E-state index contributed by atoms with van der Waals surface area (Å²) >= 11 is 0. The Labute approximate surface area is 158 Å². The lowest BCUT2D eigenvalue weighted by Crippen LogP contribution is -2.50. The molecule has 148 valence electrons. The Kier molecular flexibility index (Phi) is 5.21. The smallest absolute Gasteiger partial charge is 0.339 e. The summed E-state index contributed by atoms with van der Waals surface area (Å²) < 4.78 is 5.19. The second kappa shape index (κ2) is 7.28. The Morgan fingerprint density at radius 3 is 2.59 bits per heavy atom. The van der Waals surface area contributed by atoms with Crippen molar-refractivity contribution in [2.75, 3.05) is 0 Å². The lowest BCUT2D eigenvalue weighted by atomic mass is 9.82. The molecule has 1 aliphatic carbocycles. The van der Waals surface area contributed by atoms with Crippen LogP contribution in [0.4, 0.5) is 4.79 Å². The van der Waals surface area contributed by atoms with Gasteiger partial charge in [-0.2, -0.15) is 9.99 Å². The molecule has 9 heteroatoms. The number of aryl methyl sites for hydroxylation is 1. The molecule has 4 amide bonds. The van der Waals surface area contributed by atoms with E-state index < -0.39 is 11.6 Å². The highest BCUT2D eigenvalue weighted by Crippen LogP contribution is 2.33. The van der Waals surface area contributed by atoms with Gasteiger partial charge in [0.15, 0.2) is 5.82 Å². The van der Waals surface area contributed by atoms with E-state index in [1.54, 1.807) is 0 Å². The van der Waals surface area contributed by atoms with Gasteiger partial charge in [0.05, 0.1) is 0 Å². The maximum Gasteiger partial charge on any atom is 0.344 e. The molecule has 1 saturated carbocycles. The average Bonchev–Trinajstić information content (AvgIpc) is 3.16. The molecule has 0 bridgehead atoms. The van der Waals surface area contributed by atoms with Crippen LogP contribution < -0.4 is 10.7 Å². The lowest BCUT2D eigenvalue weighted by Gasteiger charge is -2.30. The number of hydrazine groups is 1. The molecular formula is C18H27N5O4. The predicted octanol–water partition coefficient (Wildman–Crippen LogP) is 1.98. The van der Waals surface area contributed by atoms with E-state index in [2.05, 4.69) is 20.9 Å². The van der Waals surface area contributed by atoms with Crippen molar-refractivity contribution in [3.05, 3.63) is 11.7 Å². The summed E-state index contributed by atoms with van der Waals surface area (Å²) in [4.78, 5) is 41.2. The minimum absolute atomic E-state index is 0.150. The number of carbonyl (C=O) groups is 3. The molecule has 1 saturated heterocycles. The maximum absolute atomic E-state index is 12.6. The highest BCUT2D eigenvalue weighted by atomic mass is 16.5. The molecule has 9 nitrogen and oxygen atoms in total. The SMILES string of the molecule is CC(C)(C)c1noc(CCCC(=O)NN2C(=O)NC3(CCCCC3)C2=O)n1. The first-order valence-electron chi connectivity index (χ1n) is 9.50. The van der Waals surface area contributed by atoms with Crippen LogP contribution in [-0.4, -0.2) is 38.5 Å². The normalized spacial score (nSPS) is 19.4. The van der Waals surface area contributed by atoms with Gasteiger partial charge in [0.2, 0.25) is 11.8 Å². The molecule has 0 atom stereocenters. The Morgan fingerprint density at radius 1 is 1.26 bits per heavy atom. The van der Waals surface area contributed by atoms with Crippen LogP contribution in [0, 0.1) is 0 Å². The Balaban J connectivity index is 1.49. The number of aromatic nitrogens is 2. The highest BCUT2D eigenvalue weighted by molar-refractivity contribution is 6.07. The van der Waals surface area contributed by atoms with Gasteiger partial charge >= 0.3 is 6.03 Å². The van der Waals surface area contributed by atoms with Crippen molar-refractivity contribution in [1.29, 1.82) is 0 Å². The summed E-state index contributed by atoms with van der Waals surface area (Å²) in [5.41, 5.74) is 1.40. The minimum atomic E-state index is -0.838. The van der Waals surface area contributed by atoms with Gasteiger partial charge in [0.1, 0.15) is 5.54 Å². The first-order valence-corrected chi connectivity index (χ1v) is 9.50. The van der Waals surface area contributed by atoms with Gasteiger partial charge in [-0.05, 0) is 19.3 Å². The van der Waals surface area contributed by atoms with Gasteiger partial charge in [0, 0.05) is 18.3 Å². The third-order valence-corrected chi connectivity index (χ3v) is 5.04. The van der Waals surface area contributed by atoms with Crippen LogP contribution in [0.5, 0.6) is 0 Å². The molecule has 2 N–H and O–H groups in total. The number of urea groups is 1. The zero-order chi connectivity index (χ0) is 19.7. The molecule has 3 rings (SSSR count). The number of hydrogen-bond acceptors (Lipinski definition) is 6. The molecule has 0 unspecified atom stereocenters. The fraction of sp³-hybridized carbons (Fsp3) is 0.722. The standard InChI is InChI=1S/C18H27N5O4/c1-17(2,3)14-19-13(27-22-14)9-7-8-12(24)21-23-15(25)18(20-16(23)26)10-5-4-6-11-18/h4-11H2,1-3H3,(H,20,26)(H,21,24). The summed E-state index contributed by atoms with van der Waals surface area (Å²) in [5.74, 6) is 0.358. The summed E-state index contributed by atoms with van der Waals surface area (Å²) in [6.45, 7) is 5.98. The number of carbonyl (C=O) groups excluding carboxylic acids is 3. The van der Waals surface area contributed by atoms with Crippen molar-refractivity contribution in [3.63, 3.8) is 0 Å². The van der Waals surface area contributed by atoms with Gasteiger partial charge in [-0.1, -0.05) is 45.2 Å². The highest BCUT2D eigenvalue weighted by Gasteiger charge is 2.52. The largest absolute Gasteiger partial charge is 0.344 e. The van der Waals surface area contributed by atoms with Crippen molar-refractivity contribution < 1.29 is 18.9 Å². The fourth-order valence-corrected chi connectivity index (χ4v) is 3.46. The van der Waals surface area contributed by atoms with Crippen LogP contribution in [0.2, 0.25) is 0 Å². The van der Waals surface area contributed by atoms with Crippen LogP contribution in [0.15, 0.2) is 4.52 Å². The summed E-state index contributed by atoms with van der Waals surface area (Å²) in [7, 11) is 0. The number of imide groups is 1. The van der Waals surface area contributed by atoms with Crippen molar-refractivity contribution >= 4 is 17.8 Å². The lowest BCUT2D eigenvalue weighted by molar-refractivity contribution is -0.139. The summed E-state index contributed by atoms with van der Waals surface area (Å²) in [6, 6.07) is -0.554. The van der Waals surface area contributed by atoms with Crippen molar-refractivity contribution in [3.8, 4) is 0 Å². The predicted molar refractivity (Wildman–Crippen MR) is 95.3 cm³/mol. The van der Waals surface area contributed by atoms with Crippen LogP contribution >= 0.6 is 0 Å². The zero-order valence-electron chi connectivity index (χ0n) is 16.1. The molecule has 2 heterocycles. The van der Waals surface area contributed by atoms with Gasteiger partial charge in [-0.25, -0.2) is 4.79 Å². The number of hydrogen-bond donors (Lipinski definition) is 2. The number of nitrogens with one attached hydrogen (secondary N) is 2. The summed E-state index contributed by atoms with van der Waals surface area (Å²) in [6.07, 6.45) is 5.19. The topological polar surface area (TPSA) is 117 Å². The molecule has 2 aliphatic rings. The van der Waals surface area contributed by atoms with Gasteiger partial charge in [-0.15, -0.1) is 0 Å². The maximum atomic E-state index is 12.6. The molecule has 0 radical (unpaired) electrons. The second-order valence-electron chi connectivity index (χ2n) is 8.36. The second-order valence-corrected chi connectivity index (χ2v) is 8.36. The summed E-state index contributed by atoms with van der Waals surface area (Å²) in [5, 5.41) is 7.54. The quantitative estimate of drug-likeness (QED) is 0.758. The number of amides is 4. The van der Waals surface area contributed by atoms with E-state index in [0.29, 0.717) is 37.4 Å². The first-order chi connectivity index (χ1) is 12.7. The number of rotatable bonds is 5. The van der Waals surface area contributed by atoms with Crippen molar-refractivity contribution in [2.45, 2.75) is 83.1 Å². The monoisotopic (exact) mass is 377 g/mol. The van der Waals surface area contributed by atoms with E-state index in [9.17, 15) is 14.4 Å². The Hall–Kier alpha value is -2.45. The molecule has 0 aromatic carbocycles. The third kappa shape index (κ3) is 4.12. The van der Waals surface area contributed by atoms with Crippen molar-refractivity contribution in [2.24, 2.45) is 0 Å². The molecule has 2 fully saturated rings. The number of nitrogens with zero attached hydrogens (tertiary/aromatic N) is 3. The van der Waals surface area contributed by atoms with E-state index >= 15 is 0 Å². The Bertz CT molecular complexity index is 730.